The van der Waals surface area contributed by atoms with E-state index in [1.807, 2.05) is 0 Å². The van der Waals surface area contributed by atoms with Crippen molar-refractivity contribution in [2.45, 2.75) is 4.90 Å². The Bertz CT molecular complexity index is 516. The van der Waals surface area contributed by atoms with Crippen LogP contribution in [0.25, 0.3) is 0 Å². The molecule has 0 saturated heterocycles. The molecule has 0 aliphatic rings. The van der Waals surface area contributed by atoms with Gasteiger partial charge in [0, 0.05) is 14.1 Å². The predicted molar refractivity (Wildman–Crippen MR) is 63.3 cm³/mol. The molecule has 5 nitrogen and oxygen atoms in total. The van der Waals surface area contributed by atoms with Gasteiger partial charge in [0.05, 0.1) is 21.3 Å². The monoisotopic (exact) mass is 273 g/mol. The number of rotatable bonds is 4. The average Bonchev–Trinajstić information content (AvgIpc) is 2.28. The number of hydrogen-bond acceptors (Lipinski definition) is 3. The predicted octanol–water partition coefficient (Wildman–Crippen LogP) is 0.720. The van der Waals surface area contributed by atoms with Crippen LogP contribution in [0.5, 0.6) is 0 Å². The molecule has 0 heterocycles. The minimum absolute atomic E-state index is 0.169. The number of hydrogen-bond donors (Lipinski definition) is 1. The Morgan fingerprint density at radius 1 is 1.39 bits per heavy atom. The molecule has 1 atom stereocenters. The van der Waals surface area contributed by atoms with Gasteiger partial charge < -0.3 is 10.0 Å². The molecular formula is C11H12FNO4S. The summed E-state index contributed by atoms with van der Waals surface area (Å²) in [4.78, 5) is 23.0. The van der Waals surface area contributed by atoms with Crippen LogP contribution in [0.1, 0.15) is 10.4 Å². The van der Waals surface area contributed by atoms with E-state index < -0.39 is 28.5 Å². The summed E-state index contributed by atoms with van der Waals surface area (Å²) in [5.41, 5.74) is -0.169. The van der Waals surface area contributed by atoms with E-state index >= 15 is 0 Å². The minimum Gasteiger partial charge on any atom is -0.478 e. The molecule has 0 aliphatic heterocycles. The summed E-state index contributed by atoms with van der Waals surface area (Å²) in [6.45, 7) is 0. The normalized spacial score (nSPS) is 11.9. The third kappa shape index (κ3) is 3.36. The molecule has 1 N–H and O–H groups in total. The summed E-state index contributed by atoms with van der Waals surface area (Å²) in [6.07, 6.45) is 0. The van der Waals surface area contributed by atoms with Crippen LogP contribution in [0.2, 0.25) is 0 Å². The molecule has 0 radical (unpaired) electrons. The highest BCUT2D eigenvalue weighted by molar-refractivity contribution is 7.85. The summed E-state index contributed by atoms with van der Waals surface area (Å²) in [5.74, 6) is -2.84. The molecule has 98 valence electrons. The largest absolute Gasteiger partial charge is 0.478 e. The molecule has 0 aromatic heterocycles. The number of carboxylic acid groups (broad SMARTS) is 1. The second kappa shape index (κ2) is 5.72. The molecule has 7 heteroatoms. The molecule has 1 aromatic carbocycles. The lowest BCUT2D eigenvalue weighted by Crippen LogP contribution is -2.27. The van der Waals surface area contributed by atoms with Gasteiger partial charge >= 0.3 is 5.97 Å². The van der Waals surface area contributed by atoms with Crippen LogP contribution in [0.4, 0.5) is 4.39 Å². The number of nitrogens with zero attached hydrogens (tertiary/aromatic N) is 1. The van der Waals surface area contributed by atoms with E-state index in [1.54, 1.807) is 0 Å². The van der Waals surface area contributed by atoms with Gasteiger partial charge in [-0.05, 0) is 18.2 Å². The van der Waals surface area contributed by atoms with E-state index in [0.717, 1.165) is 18.2 Å². The van der Waals surface area contributed by atoms with Crippen molar-refractivity contribution in [3.8, 4) is 0 Å². The third-order valence-corrected chi connectivity index (χ3v) is 3.49. The summed E-state index contributed by atoms with van der Waals surface area (Å²) in [5, 5.41) is 8.76. The first-order valence-corrected chi connectivity index (χ1v) is 6.26. The zero-order chi connectivity index (χ0) is 13.9. The van der Waals surface area contributed by atoms with E-state index in [1.165, 1.54) is 19.0 Å². The van der Waals surface area contributed by atoms with Crippen molar-refractivity contribution < 1.29 is 23.3 Å². The molecule has 0 saturated carbocycles. The lowest BCUT2D eigenvalue weighted by molar-refractivity contribution is -0.125. The number of benzene rings is 1. The van der Waals surface area contributed by atoms with Crippen molar-refractivity contribution >= 4 is 22.7 Å². The van der Waals surface area contributed by atoms with Crippen LogP contribution >= 0.6 is 0 Å². The second-order valence-corrected chi connectivity index (χ2v) is 5.15. The topological polar surface area (TPSA) is 74.7 Å². The number of carboxylic acids is 1. The molecule has 18 heavy (non-hydrogen) atoms. The quantitative estimate of drug-likeness (QED) is 0.877. The van der Waals surface area contributed by atoms with Crippen LogP contribution in [-0.4, -0.2) is 45.9 Å². The standard InChI is InChI=1S/C11H12FNO4S/c1-13(2)10(14)6-18(17)9-5-7(11(15)16)3-4-8(9)12/h3-5H,6H2,1-2H3,(H,15,16). The van der Waals surface area contributed by atoms with Gasteiger partial charge in [0.2, 0.25) is 5.91 Å². The summed E-state index contributed by atoms with van der Waals surface area (Å²) in [7, 11) is 1.08. The van der Waals surface area contributed by atoms with Gasteiger partial charge in [0.1, 0.15) is 11.6 Å². The zero-order valence-electron chi connectivity index (χ0n) is 9.84. The molecule has 0 aliphatic carbocycles. The number of carbonyl (C=O) groups is 2. The van der Waals surface area contributed by atoms with Gasteiger partial charge in [-0.1, -0.05) is 0 Å². The Morgan fingerprint density at radius 3 is 2.50 bits per heavy atom. The molecular weight excluding hydrogens is 261 g/mol. The average molecular weight is 273 g/mol. The van der Waals surface area contributed by atoms with Gasteiger partial charge in [0.25, 0.3) is 0 Å². The molecule has 1 aromatic rings. The second-order valence-electron chi connectivity index (χ2n) is 3.73. The number of amides is 1. The van der Waals surface area contributed by atoms with Crippen molar-refractivity contribution in [1.29, 1.82) is 0 Å². The molecule has 1 unspecified atom stereocenters. The fourth-order valence-corrected chi connectivity index (χ4v) is 2.31. The third-order valence-electron chi connectivity index (χ3n) is 2.18. The zero-order valence-corrected chi connectivity index (χ0v) is 10.7. The molecule has 0 spiro atoms. The van der Waals surface area contributed by atoms with E-state index in [2.05, 4.69) is 0 Å². The van der Waals surface area contributed by atoms with Crippen LogP contribution < -0.4 is 0 Å². The SMILES string of the molecule is CN(C)C(=O)CS(=O)c1cc(C(=O)O)ccc1F. The van der Waals surface area contributed by atoms with Crippen LogP contribution in [-0.2, 0) is 15.6 Å². The Balaban J connectivity index is 3.01. The molecule has 0 fully saturated rings. The first kappa shape index (κ1) is 14.3. The lowest BCUT2D eigenvalue weighted by atomic mass is 10.2. The van der Waals surface area contributed by atoms with E-state index in [-0.39, 0.29) is 16.2 Å². The van der Waals surface area contributed by atoms with Crippen molar-refractivity contribution in [2.75, 3.05) is 19.8 Å². The maximum absolute atomic E-state index is 13.4. The van der Waals surface area contributed by atoms with Gasteiger partial charge in [-0.15, -0.1) is 0 Å². The maximum atomic E-state index is 13.4. The Labute approximate surface area is 106 Å². The highest BCUT2D eigenvalue weighted by atomic mass is 32.2. The highest BCUT2D eigenvalue weighted by Crippen LogP contribution is 2.15. The van der Waals surface area contributed by atoms with Crippen molar-refractivity contribution in [3.63, 3.8) is 0 Å². The Kier molecular flexibility index (Phi) is 4.55. The van der Waals surface area contributed by atoms with Crippen LogP contribution in [0.15, 0.2) is 23.1 Å². The fraction of sp³-hybridized carbons (Fsp3) is 0.273. The van der Waals surface area contributed by atoms with E-state index in [4.69, 9.17) is 5.11 Å². The summed E-state index contributed by atoms with van der Waals surface area (Å²) in [6, 6.07) is 2.99. The van der Waals surface area contributed by atoms with E-state index in [9.17, 15) is 18.2 Å². The van der Waals surface area contributed by atoms with Gasteiger partial charge in [-0.25, -0.2) is 9.18 Å². The van der Waals surface area contributed by atoms with Crippen LogP contribution in [0.3, 0.4) is 0 Å². The Morgan fingerprint density at radius 2 is 2.00 bits per heavy atom. The van der Waals surface area contributed by atoms with E-state index in [0.29, 0.717) is 0 Å². The van der Waals surface area contributed by atoms with Gasteiger partial charge in [0.15, 0.2) is 0 Å². The Hall–Kier alpha value is -1.76. The van der Waals surface area contributed by atoms with Crippen molar-refractivity contribution in [1.82, 2.24) is 4.90 Å². The number of aromatic carboxylic acids is 1. The summed E-state index contributed by atoms with van der Waals surface area (Å²) >= 11 is 0. The fourth-order valence-electron chi connectivity index (χ4n) is 1.13. The van der Waals surface area contributed by atoms with Crippen molar-refractivity contribution in [3.05, 3.63) is 29.6 Å². The van der Waals surface area contributed by atoms with Gasteiger partial charge in [-0.2, -0.15) is 0 Å². The number of carbonyl (C=O) groups excluding carboxylic acids is 1. The van der Waals surface area contributed by atoms with Crippen LogP contribution in [0, 0.1) is 5.82 Å². The lowest BCUT2D eigenvalue weighted by Gasteiger charge is -2.10. The smallest absolute Gasteiger partial charge is 0.335 e. The number of halogens is 1. The first-order chi connectivity index (χ1) is 8.32. The van der Waals surface area contributed by atoms with Gasteiger partial charge in [-0.3, -0.25) is 9.00 Å². The summed E-state index contributed by atoms with van der Waals surface area (Å²) < 4.78 is 25.2. The maximum Gasteiger partial charge on any atom is 0.335 e. The molecule has 0 bridgehead atoms. The molecule has 1 rings (SSSR count). The first-order valence-electron chi connectivity index (χ1n) is 4.94. The molecule has 1 amide bonds. The highest BCUT2D eigenvalue weighted by Gasteiger charge is 2.17. The minimum atomic E-state index is -1.90. The van der Waals surface area contributed by atoms with Crippen molar-refractivity contribution in [2.24, 2.45) is 0 Å².